The van der Waals surface area contributed by atoms with E-state index in [-0.39, 0.29) is 30.4 Å². The molecular formula is C19H33N3O3. The first-order chi connectivity index (χ1) is 11.8. The molecule has 6 nitrogen and oxygen atoms in total. The maximum absolute atomic E-state index is 12.9. The Morgan fingerprint density at radius 2 is 1.76 bits per heavy atom. The highest BCUT2D eigenvalue weighted by Crippen LogP contribution is 2.39. The molecule has 1 heterocycles. The normalized spacial score (nSPS) is 21.3. The van der Waals surface area contributed by atoms with E-state index >= 15 is 0 Å². The maximum atomic E-state index is 12.9. The zero-order chi connectivity index (χ0) is 18.6. The summed E-state index contributed by atoms with van der Waals surface area (Å²) in [6, 6.07) is -0.282. The van der Waals surface area contributed by atoms with Gasteiger partial charge in [-0.2, -0.15) is 0 Å². The van der Waals surface area contributed by atoms with Gasteiger partial charge in [-0.15, -0.1) is 0 Å². The van der Waals surface area contributed by atoms with E-state index in [1.807, 2.05) is 6.92 Å². The fourth-order valence-electron chi connectivity index (χ4n) is 4.04. The van der Waals surface area contributed by atoms with Gasteiger partial charge in [0.25, 0.3) is 5.91 Å². The summed E-state index contributed by atoms with van der Waals surface area (Å²) in [5.74, 6) is 0.215. The molecule has 1 aliphatic carbocycles. The number of urea groups is 1. The number of hydrogen-bond acceptors (Lipinski definition) is 3. The van der Waals surface area contributed by atoms with Crippen LogP contribution in [0.3, 0.4) is 0 Å². The SMILES string of the molecule is CC(C)CCCC(C)NC(=O)CN1C(=O)N(C)C2(CCCCC2)C1=O. The number of carbonyl (C=O) groups is 3. The minimum absolute atomic E-state index is 0.0560. The molecule has 0 aromatic heterocycles. The predicted octanol–water partition coefficient (Wildman–Crippen LogP) is 2.91. The Morgan fingerprint density at radius 3 is 2.36 bits per heavy atom. The molecule has 2 aliphatic rings. The summed E-state index contributed by atoms with van der Waals surface area (Å²) in [4.78, 5) is 40.4. The Morgan fingerprint density at radius 1 is 1.12 bits per heavy atom. The third kappa shape index (κ3) is 4.33. The van der Waals surface area contributed by atoms with Crippen LogP contribution in [0.25, 0.3) is 0 Å². The van der Waals surface area contributed by atoms with Gasteiger partial charge in [-0.3, -0.25) is 14.5 Å². The summed E-state index contributed by atoms with van der Waals surface area (Å²) >= 11 is 0. The van der Waals surface area contributed by atoms with E-state index in [0.717, 1.165) is 43.4 Å². The Kier molecular flexibility index (Phi) is 6.47. The van der Waals surface area contributed by atoms with Gasteiger partial charge in [0.2, 0.25) is 5.91 Å². The Labute approximate surface area is 151 Å². The lowest BCUT2D eigenvalue weighted by Gasteiger charge is -2.35. The molecule has 2 rings (SSSR count). The molecule has 1 saturated heterocycles. The molecule has 0 aromatic rings. The highest BCUT2D eigenvalue weighted by Gasteiger charge is 2.55. The lowest BCUT2D eigenvalue weighted by atomic mass is 9.81. The highest BCUT2D eigenvalue weighted by molar-refractivity contribution is 6.08. The van der Waals surface area contributed by atoms with Gasteiger partial charge in [-0.25, -0.2) is 4.79 Å². The first-order valence-electron chi connectivity index (χ1n) is 9.67. The zero-order valence-electron chi connectivity index (χ0n) is 16.1. The molecule has 142 valence electrons. The minimum atomic E-state index is -0.710. The number of imide groups is 1. The largest absolute Gasteiger partial charge is 0.352 e. The van der Waals surface area contributed by atoms with Crippen LogP contribution in [-0.4, -0.2) is 52.8 Å². The van der Waals surface area contributed by atoms with Crippen LogP contribution in [0.4, 0.5) is 4.79 Å². The van der Waals surface area contributed by atoms with Crippen LogP contribution >= 0.6 is 0 Å². The lowest BCUT2D eigenvalue weighted by molar-refractivity contribution is -0.137. The first kappa shape index (κ1) is 19.7. The Bertz CT molecular complexity index is 512. The summed E-state index contributed by atoms with van der Waals surface area (Å²) in [5, 5.41) is 2.92. The molecule has 1 spiro atoms. The van der Waals surface area contributed by atoms with E-state index in [0.29, 0.717) is 18.8 Å². The van der Waals surface area contributed by atoms with Gasteiger partial charge in [0.1, 0.15) is 12.1 Å². The van der Waals surface area contributed by atoms with Crippen LogP contribution in [0.5, 0.6) is 0 Å². The molecule has 25 heavy (non-hydrogen) atoms. The third-order valence-corrected chi connectivity index (χ3v) is 5.61. The quantitative estimate of drug-likeness (QED) is 0.717. The predicted molar refractivity (Wildman–Crippen MR) is 97.0 cm³/mol. The first-order valence-corrected chi connectivity index (χ1v) is 9.67. The van der Waals surface area contributed by atoms with Crippen molar-refractivity contribution in [3.05, 3.63) is 0 Å². The molecular weight excluding hydrogens is 318 g/mol. The van der Waals surface area contributed by atoms with Crippen LogP contribution in [0, 0.1) is 5.92 Å². The second-order valence-electron chi connectivity index (χ2n) is 8.12. The van der Waals surface area contributed by atoms with E-state index in [4.69, 9.17) is 0 Å². The smallest absolute Gasteiger partial charge is 0.327 e. The number of carbonyl (C=O) groups excluding carboxylic acids is 3. The van der Waals surface area contributed by atoms with Crippen molar-refractivity contribution < 1.29 is 14.4 Å². The maximum Gasteiger partial charge on any atom is 0.327 e. The van der Waals surface area contributed by atoms with E-state index < -0.39 is 5.54 Å². The van der Waals surface area contributed by atoms with E-state index in [2.05, 4.69) is 19.2 Å². The van der Waals surface area contributed by atoms with Crippen LogP contribution in [0.2, 0.25) is 0 Å². The number of hydrogen-bond donors (Lipinski definition) is 1. The van der Waals surface area contributed by atoms with Gasteiger partial charge in [0, 0.05) is 13.1 Å². The molecule has 1 unspecified atom stereocenters. The number of nitrogens with one attached hydrogen (secondary N) is 1. The topological polar surface area (TPSA) is 69.7 Å². The van der Waals surface area contributed by atoms with Crippen molar-refractivity contribution in [2.24, 2.45) is 5.92 Å². The summed E-state index contributed by atoms with van der Waals surface area (Å²) < 4.78 is 0. The number of amides is 4. The van der Waals surface area contributed by atoms with Crippen molar-refractivity contribution in [1.29, 1.82) is 0 Å². The standard InChI is InChI=1S/C19H33N3O3/c1-14(2)9-8-10-15(3)20-16(23)13-22-17(24)19(21(4)18(22)25)11-6-5-7-12-19/h14-15H,5-13H2,1-4H3,(H,20,23). The average molecular weight is 351 g/mol. The van der Waals surface area contributed by atoms with Gasteiger partial charge in [0.05, 0.1) is 0 Å². The third-order valence-electron chi connectivity index (χ3n) is 5.61. The lowest BCUT2D eigenvalue weighted by Crippen LogP contribution is -2.49. The molecule has 4 amide bonds. The molecule has 0 aromatic carbocycles. The molecule has 2 fully saturated rings. The molecule has 1 atom stereocenters. The number of nitrogens with zero attached hydrogens (tertiary/aromatic N) is 2. The fourth-order valence-corrected chi connectivity index (χ4v) is 4.04. The summed E-state index contributed by atoms with van der Waals surface area (Å²) in [6.45, 7) is 6.18. The van der Waals surface area contributed by atoms with Gasteiger partial charge < -0.3 is 10.2 Å². The Balaban J connectivity index is 1.90. The highest BCUT2D eigenvalue weighted by atomic mass is 16.2. The molecule has 0 radical (unpaired) electrons. The van der Waals surface area contributed by atoms with Crippen LogP contribution < -0.4 is 5.32 Å². The van der Waals surface area contributed by atoms with Crippen molar-refractivity contribution in [3.63, 3.8) is 0 Å². The zero-order valence-corrected chi connectivity index (χ0v) is 16.1. The van der Waals surface area contributed by atoms with Crippen LogP contribution in [-0.2, 0) is 9.59 Å². The monoisotopic (exact) mass is 351 g/mol. The van der Waals surface area contributed by atoms with Gasteiger partial charge in [-0.05, 0) is 32.1 Å². The average Bonchev–Trinajstić information content (AvgIpc) is 2.71. The van der Waals surface area contributed by atoms with Crippen molar-refractivity contribution in [3.8, 4) is 0 Å². The molecule has 6 heteroatoms. The summed E-state index contributed by atoms with van der Waals surface area (Å²) in [6.07, 6.45) is 7.53. The van der Waals surface area contributed by atoms with Gasteiger partial charge in [0.15, 0.2) is 0 Å². The second kappa shape index (κ2) is 8.19. The molecule has 1 N–H and O–H groups in total. The van der Waals surface area contributed by atoms with E-state index in [1.165, 1.54) is 0 Å². The fraction of sp³-hybridized carbons (Fsp3) is 0.842. The van der Waals surface area contributed by atoms with Crippen LogP contribution in [0.1, 0.15) is 72.1 Å². The Hall–Kier alpha value is -1.59. The van der Waals surface area contributed by atoms with Crippen molar-refractivity contribution >= 4 is 17.8 Å². The van der Waals surface area contributed by atoms with Gasteiger partial charge in [-0.1, -0.05) is 46.0 Å². The number of likely N-dealkylation sites (N-methyl/N-ethyl adjacent to an activating group) is 1. The molecule has 0 bridgehead atoms. The number of rotatable bonds is 7. The van der Waals surface area contributed by atoms with Crippen LogP contribution in [0.15, 0.2) is 0 Å². The molecule has 1 saturated carbocycles. The van der Waals surface area contributed by atoms with Crippen molar-refractivity contribution in [2.45, 2.75) is 83.7 Å². The van der Waals surface area contributed by atoms with Crippen molar-refractivity contribution in [2.75, 3.05) is 13.6 Å². The van der Waals surface area contributed by atoms with E-state index in [1.54, 1.807) is 11.9 Å². The van der Waals surface area contributed by atoms with E-state index in [9.17, 15) is 14.4 Å². The van der Waals surface area contributed by atoms with Crippen molar-refractivity contribution in [1.82, 2.24) is 15.1 Å². The molecule has 1 aliphatic heterocycles. The second-order valence-corrected chi connectivity index (χ2v) is 8.12. The van der Waals surface area contributed by atoms with Gasteiger partial charge >= 0.3 is 6.03 Å². The minimum Gasteiger partial charge on any atom is -0.352 e. The summed E-state index contributed by atoms with van der Waals surface area (Å²) in [7, 11) is 1.69. The summed E-state index contributed by atoms with van der Waals surface area (Å²) in [5.41, 5.74) is -0.710.